The van der Waals surface area contributed by atoms with Gasteiger partial charge in [-0.25, -0.2) is 9.97 Å². The molecule has 0 saturated carbocycles. The normalized spacial score (nSPS) is 10.5. The first-order valence-corrected chi connectivity index (χ1v) is 6.58. The van der Waals surface area contributed by atoms with E-state index in [1.165, 1.54) is 6.33 Å². The molecule has 0 spiro atoms. The van der Waals surface area contributed by atoms with Crippen molar-refractivity contribution in [3.8, 4) is 17.0 Å². The number of nitrogen functional groups attached to an aromatic ring is 1. The molecule has 0 atom stereocenters. The average Bonchev–Trinajstić information content (AvgIpc) is 2.48. The number of nitrogens with two attached hydrogens (primary N) is 1. The lowest BCUT2D eigenvalue weighted by atomic mass is 10.0. The van der Waals surface area contributed by atoms with Crippen LogP contribution >= 0.6 is 0 Å². The Kier molecular flexibility index (Phi) is 4.90. The Morgan fingerprint density at radius 1 is 1.15 bits per heavy atom. The molecule has 0 unspecified atom stereocenters. The summed E-state index contributed by atoms with van der Waals surface area (Å²) < 4.78 is 10.7. The number of rotatable bonds is 6. The highest BCUT2D eigenvalue weighted by atomic mass is 16.5. The molecular formula is C15H19N3O2. The van der Waals surface area contributed by atoms with Crippen LogP contribution in [0.3, 0.4) is 0 Å². The summed E-state index contributed by atoms with van der Waals surface area (Å²) in [5.41, 5.74) is 8.62. The summed E-state index contributed by atoms with van der Waals surface area (Å²) >= 11 is 0. The van der Waals surface area contributed by atoms with E-state index in [-0.39, 0.29) is 0 Å². The first-order chi connectivity index (χ1) is 9.77. The summed E-state index contributed by atoms with van der Waals surface area (Å²) in [6.07, 6.45) is 2.25. The Bertz CT molecular complexity index is 573. The highest BCUT2D eigenvalue weighted by Crippen LogP contribution is 2.32. The van der Waals surface area contributed by atoms with Crippen molar-refractivity contribution in [2.24, 2.45) is 0 Å². The lowest BCUT2D eigenvalue weighted by Gasteiger charge is -2.13. The number of para-hydroxylation sites is 1. The van der Waals surface area contributed by atoms with Crippen molar-refractivity contribution in [1.82, 2.24) is 9.97 Å². The van der Waals surface area contributed by atoms with Gasteiger partial charge in [0.2, 0.25) is 0 Å². The predicted octanol–water partition coefficient (Wildman–Crippen LogP) is 2.31. The molecule has 1 aromatic heterocycles. The minimum atomic E-state index is 0.496. The fraction of sp³-hybridized carbons (Fsp3) is 0.333. The number of anilines is 1. The molecule has 2 aromatic rings. The third kappa shape index (κ3) is 3.05. The number of benzene rings is 1. The quantitative estimate of drug-likeness (QED) is 0.818. The molecule has 0 amide bonds. The second kappa shape index (κ2) is 6.86. The third-order valence-corrected chi connectivity index (χ3v) is 3.02. The van der Waals surface area contributed by atoms with Crippen LogP contribution in [0.15, 0.2) is 30.6 Å². The van der Waals surface area contributed by atoms with E-state index >= 15 is 0 Å². The highest BCUT2D eigenvalue weighted by molar-refractivity contribution is 5.72. The summed E-state index contributed by atoms with van der Waals surface area (Å²) in [6, 6.07) is 7.78. The first-order valence-electron chi connectivity index (χ1n) is 6.58. The fourth-order valence-corrected chi connectivity index (χ4v) is 2.03. The van der Waals surface area contributed by atoms with Gasteiger partial charge in [-0.05, 0) is 18.6 Å². The smallest absolute Gasteiger partial charge is 0.130 e. The van der Waals surface area contributed by atoms with Crippen LogP contribution in [0, 0.1) is 0 Å². The van der Waals surface area contributed by atoms with Crippen molar-refractivity contribution in [3.05, 3.63) is 36.2 Å². The number of ether oxygens (including phenoxy) is 2. The van der Waals surface area contributed by atoms with Crippen LogP contribution < -0.4 is 10.5 Å². The summed E-state index contributed by atoms with van der Waals surface area (Å²) in [5.74, 6) is 1.29. The first kappa shape index (κ1) is 14.3. The monoisotopic (exact) mass is 273 g/mol. The van der Waals surface area contributed by atoms with Gasteiger partial charge in [0.15, 0.2) is 0 Å². The number of nitrogens with zero attached hydrogens (tertiary/aromatic N) is 2. The van der Waals surface area contributed by atoms with Crippen molar-refractivity contribution >= 4 is 5.82 Å². The summed E-state index contributed by atoms with van der Waals surface area (Å²) in [4.78, 5) is 8.41. The van der Waals surface area contributed by atoms with Crippen molar-refractivity contribution in [2.75, 3.05) is 26.1 Å². The van der Waals surface area contributed by atoms with Gasteiger partial charge in [0.05, 0.1) is 12.3 Å². The Morgan fingerprint density at radius 3 is 2.70 bits per heavy atom. The van der Waals surface area contributed by atoms with E-state index in [0.29, 0.717) is 19.0 Å². The molecule has 106 valence electrons. The molecule has 20 heavy (non-hydrogen) atoms. The summed E-state index contributed by atoms with van der Waals surface area (Å²) in [6.45, 7) is 3.07. The van der Waals surface area contributed by atoms with Gasteiger partial charge in [0.1, 0.15) is 24.5 Å². The molecule has 0 aliphatic heterocycles. The third-order valence-electron chi connectivity index (χ3n) is 3.02. The predicted molar refractivity (Wildman–Crippen MR) is 78.6 cm³/mol. The molecular weight excluding hydrogens is 254 g/mol. The highest BCUT2D eigenvalue weighted by Gasteiger charge is 2.13. The lowest BCUT2D eigenvalue weighted by molar-refractivity contribution is 0.146. The average molecular weight is 273 g/mol. The Hall–Kier alpha value is -2.14. The maximum atomic E-state index is 5.93. The molecule has 1 heterocycles. The van der Waals surface area contributed by atoms with Crippen LogP contribution in [0.1, 0.15) is 12.5 Å². The maximum Gasteiger partial charge on any atom is 0.130 e. The molecule has 5 heteroatoms. The molecule has 2 rings (SSSR count). The van der Waals surface area contributed by atoms with Crippen molar-refractivity contribution in [3.63, 3.8) is 0 Å². The molecule has 0 saturated heterocycles. The van der Waals surface area contributed by atoms with Gasteiger partial charge in [-0.15, -0.1) is 0 Å². The number of aromatic nitrogens is 2. The second-order valence-electron chi connectivity index (χ2n) is 4.28. The van der Waals surface area contributed by atoms with Gasteiger partial charge in [-0.3, -0.25) is 0 Å². The van der Waals surface area contributed by atoms with E-state index in [9.17, 15) is 0 Å². The minimum absolute atomic E-state index is 0.496. The van der Waals surface area contributed by atoms with Crippen LogP contribution in [0.25, 0.3) is 11.3 Å². The second-order valence-corrected chi connectivity index (χ2v) is 4.28. The van der Waals surface area contributed by atoms with Gasteiger partial charge in [-0.1, -0.05) is 19.1 Å². The van der Waals surface area contributed by atoms with Crippen LogP contribution in [-0.2, 0) is 11.2 Å². The molecule has 0 fully saturated rings. The minimum Gasteiger partial charge on any atom is -0.490 e. The molecule has 1 aromatic carbocycles. The van der Waals surface area contributed by atoms with E-state index in [1.54, 1.807) is 7.11 Å². The van der Waals surface area contributed by atoms with Crippen molar-refractivity contribution in [2.45, 2.75) is 13.3 Å². The van der Waals surface area contributed by atoms with E-state index < -0.39 is 0 Å². The SMILES string of the molecule is CCc1c(N)ncnc1-c1ccccc1OCCOC. The molecule has 5 nitrogen and oxygen atoms in total. The lowest BCUT2D eigenvalue weighted by Crippen LogP contribution is -2.06. The Morgan fingerprint density at radius 2 is 1.95 bits per heavy atom. The van der Waals surface area contributed by atoms with Gasteiger partial charge in [-0.2, -0.15) is 0 Å². The number of methoxy groups -OCH3 is 1. The molecule has 0 radical (unpaired) electrons. The zero-order valence-corrected chi connectivity index (χ0v) is 11.8. The van der Waals surface area contributed by atoms with Crippen LogP contribution in [0.5, 0.6) is 5.75 Å². The van der Waals surface area contributed by atoms with E-state index in [2.05, 4.69) is 9.97 Å². The number of hydrogen-bond donors (Lipinski definition) is 1. The van der Waals surface area contributed by atoms with Gasteiger partial charge < -0.3 is 15.2 Å². The maximum absolute atomic E-state index is 5.93. The molecule has 2 N–H and O–H groups in total. The largest absolute Gasteiger partial charge is 0.490 e. The Balaban J connectivity index is 2.40. The topological polar surface area (TPSA) is 70.3 Å². The van der Waals surface area contributed by atoms with E-state index in [1.807, 2.05) is 31.2 Å². The van der Waals surface area contributed by atoms with E-state index in [0.717, 1.165) is 29.0 Å². The summed E-state index contributed by atoms with van der Waals surface area (Å²) in [5, 5.41) is 0. The fourth-order valence-electron chi connectivity index (χ4n) is 2.03. The van der Waals surface area contributed by atoms with E-state index in [4.69, 9.17) is 15.2 Å². The molecule has 0 bridgehead atoms. The standard InChI is InChI=1S/C15H19N3O2/c1-3-11-14(17-10-18-15(11)16)12-6-4-5-7-13(12)20-9-8-19-2/h4-7,10H,3,8-9H2,1-2H3,(H2,16,17,18). The molecule has 0 aliphatic rings. The van der Waals surface area contributed by atoms with Crippen LogP contribution in [0.2, 0.25) is 0 Å². The zero-order valence-electron chi connectivity index (χ0n) is 11.8. The summed E-state index contributed by atoms with van der Waals surface area (Å²) in [7, 11) is 1.65. The van der Waals surface area contributed by atoms with Gasteiger partial charge in [0, 0.05) is 18.2 Å². The Labute approximate surface area is 118 Å². The van der Waals surface area contributed by atoms with Gasteiger partial charge in [0.25, 0.3) is 0 Å². The molecule has 0 aliphatic carbocycles. The van der Waals surface area contributed by atoms with Crippen LogP contribution in [0.4, 0.5) is 5.82 Å². The van der Waals surface area contributed by atoms with Crippen molar-refractivity contribution < 1.29 is 9.47 Å². The van der Waals surface area contributed by atoms with Crippen molar-refractivity contribution in [1.29, 1.82) is 0 Å². The van der Waals surface area contributed by atoms with Crippen LogP contribution in [-0.4, -0.2) is 30.3 Å². The number of hydrogen-bond acceptors (Lipinski definition) is 5. The van der Waals surface area contributed by atoms with Gasteiger partial charge >= 0.3 is 0 Å². The zero-order chi connectivity index (χ0) is 14.4.